The van der Waals surface area contributed by atoms with Gasteiger partial charge in [0.15, 0.2) is 0 Å². The lowest BCUT2D eigenvalue weighted by molar-refractivity contribution is 0.112. The van der Waals surface area contributed by atoms with Crippen molar-refractivity contribution in [3.05, 3.63) is 42.2 Å². The van der Waals surface area contributed by atoms with Crippen LogP contribution in [0.1, 0.15) is 30.6 Å². The highest BCUT2D eigenvalue weighted by atomic mass is 16.5. The fourth-order valence-corrected chi connectivity index (χ4v) is 2.30. The summed E-state index contributed by atoms with van der Waals surface area (Å²) in [6.07, 6.45) is 5.10. The summed E-state index contributed by atoms with van der Waals surface area (Å²) >= 11 is 0. The summed E-state index contributed by atoms with van der Waals surface area (Å²) < 4.78 is 5.72. The topological polar surface area (TPSA) is 55.3 Å². The highest BCUT2D eigenvalue weighted by Gasteiger charge is 2.04. The van der Waals surface area contributed by atoms with Crippen molar-refractivity contribution >= 4 is 6.29 Å². The van der Waals surface area contributed by atoms with E-state index in [1.807, 2.05) is 12.1 Å². The molecule has 0 atom stereocenters. The zero-order chi connectivity index (χ0) is 16.5. The van der Waals surface area contributed by atoms with Gasteiger partial charge in [0.25, 0.3) is 0 Å². The lowest BCUT2D eigenvalue weighted by Crippen LogP contribution is -2.25. The lowest BCUT2D eigenvalue weighted by atomic mass is 10.2. The lowest BCUT2D eigenvalue weighted by Gasteiger charge is -2.17. The largest absolute Gasteiger partial charge is 0.492 e. The first-order valence-electron chi connectivity index (χ1n) is 7.99. The summed E-state index contributed by atoms with van der Waals surface area (Å²) in [6.45, 7) is 8.19. The number of aldehydes is 1. The van der Waals surface area contributed by atoms with Gasteiger partial charge < -0.3 is 9.64 Å². The standard InChI is InChI=1S/C18H23N3O2/c1-3-21(4-2)10-5-11-23-16-6-7-17(20-13-16)18-12-15(14-22)8-9-19-18/h6-9,12-14H,3-5,10-11H2,1-2H3. The molecular weight excluding hydrogens is 290 g/mol. The molecular formula is C18H23N3O2. The zero-order valence-electron chi connectivity index (χ0n) is 13.7. The molecule has 0 fully saturated rings. The minimum Gasteiger partial charge on any atom is -0.492 e. The van der Waals surface area contributed by atoms with Crippen LogP contribution in [0.3, 0.4) is 0 Å². The van der Waals surface area contributed by atoms with Crippen molar-refractivity contribution in [3.63, 3.8) is 0 Å². The van der Waals surface area contributed by atoms with Gasteiger partial charge in [0.2, 0.25) is 0 Å². The fourth-order valence-electron chi connectivity index (χ4n) is 2.30. The summed E-state index contributed by atoms with van der Waals surface area (Å²) in [5, 5.41) is 0. The van der Waals surface area contributed by atoms with Crippen molar-refractivity contribution in [2.45, 2.75) is 20.3 Å². The van der Waals surface area contributed by atoms with Crippen LogP contribution in [0.4, 0.5) is 0 Å². The molecule has 2 aromatic heterocycles. The highest BCUT2D eigenvalue weighted by Crippen LogP contribution is 2.18. The molecule has 2 rings (SSSR count). The second kappa shape index (κ2) is 9.00. The molecule has 0 spiro atoms. The minimum absolute atomic E-state index is 0.591. The fraction of sp³-hybridized carbons (Fsp3) is 0.389. The first-order chi connectivity index (χ1) is 11.3. The van der Waals surface area contributed by atoms with E-state index in [2.05, 4.69) is 28.7 Å². The number of pyridine rings is 2. The molecule has 0 saturated carbocycles. The number of nitrogens with zero attached hydrogens (tertiary/aromatic N) is 3. The van der Waals surface area contributed by atoms with Crippen LogP contribution in [0.2, 0.25) is 0 Å². The van der Waals surface area contributed by atoms with Gasteiger partial charge in [0.05, 0.1) is 24.2 Å². The average molecular weight is 313 g/mol. The maximum Gasteiger partial charge on any atom is 0.150 e. The van der Waals surface area contributed by atoms with Crippen molar-refractivity contribution in [1.82, 2.24) is 14.9 Å². The average Bonchev–Trinajstić information content (AvgIpc) is 2.62. The number of aromatic nitrogens is 2. The second-order valence-electron chi connectivity index (χ2n) is 5.20. The zero-order valence-corrected chi connectivity index (χ0v) is 13.7. The summed E-state index contributed by atoms with van der Waals surface area (Å²) in [6, 6.07) is 7.13. The summed E-state index contributed by atoms with van der Waals surface area (Å²) in [5.41, 5.74) is 2.00. The van der Waals surface area contributed by atoms with Crippen LogP contribution in [-0.2, 0) is 0 Å². The molecule has 23 heavy (non-hydrogen) atoms. The van der Waals surface area contributed by atoms with Gasteiger partial charge in [-0.2, -0.15) is 0 Å². The molecule has 5 nitrogen and oxygen atoms in total. The maximum absolute atomic E-state index is 10.8. The van der Waals surface area contributed by atoms with Crippen LogP contribution in [0.5, 0.6) is 5.75 Å². The molecule has 0 saturated heterocycles. The molecule has 2 heterocycles. The third-order valence-corrected chi connectivity index (χ3v) is 3.70. The van der Waals surface area contributed by atoms with E-state index in [0.29, 0.717) is 17.9 Å². The van der Waals surface area contributed by atoms with Crippen molar-refractivity contribution in [2.24, 2.45) is 0 Å². The van der Waals surface area contributed by atoms with Gasteiger partial charge in [0, 0.05) is 18.3 Å². The second-order valence-corrected chi connectivity index (χ2v) is 5.20. The summed E-state index contributed by atoms with van der Waals surface area (Å²) in [4.78, 5) is 21.8. The Balaban J connectivity index is 1.88. The van der Waals surface area contributed by atoms with Crippen molar-refractivity contribution in [1.29, 1.82) is 0 Å². The van der Waals surface area contributed by atoms with Crippen LogP contribution in [-0.4, -0.2) is 47.4 Å². The molecule has 0 amide bonds. The Morgan fingerprint density at radius 2 is 1.96 bits per heavy atom. The predicted molar refractivity (Wildman–Crippen MR) is 90.8 cm³/mol. The number of ether oxygens (including phenoxy) is 1. The predicted octanol–water partition coefficient (Wildman–Crippen LogP) is 3.07. The van der Waals surface area contributed by atoms with E-state index >= 15 is 0 Å². The van der Waals surface area contributed by atoms with Gasteiger partial charge >= 0.3 is 0 Å². The molecule has 0 N–H and O–H groups in total. The van der Waals surface area contributed by atoms with E-state index in [1.54, 1.807) is 24.5 Å². The summed E-state index contributed by atoms with van der Waals surface area (Å²) in [5.74, 6) is 0.750. The molecule has 0 radical (unpaired) electrons. The van der Waals surface area contributed by atoms with E-state index < -0.39 is 0 Å². The van der Waals surface area contributed by atoms with Gasteiger partial charge in [0.1, 0.15) is 12.0 Å². The minimum atomic E-state index is 0.591. The molecule has 0 aromatic carbocycles. The van der Waals surface area contributed by atoms with Gasteiger partial charge in [-0.05, 0) is 43.8 Å². The Labute approximate surface area is 137 Å². The Bertz CT molecular complexity index is 610. The number of carbonyl (C=O) groups is 1. The van der Waals surface area contributed by atoms with E-state index in [-0.39, 0.29) is 0 Å². The van der Waals surface area contributed by atoms with Gasteiger partial charge in [-0.3, -0.25) is 14.8 Å². The summed E-state index contributed by atoms with van der Waals surface area (Å²) in [7, 11) is 0. The maximum atomic E-state index is 10.8. The Hall–Kier alpha value is -2.27. The van der Waals surface area contributed by atoms with Crippen LogP contribution in [0.15, 0.2) is 36.7 Å². The van der Waals surface area contributed by atoms with Crippen LogP contribution in [0.25, 0.3) is 11.4 Å². The van der Waals surface area contributed by atoms with Crippen LogP contribution in [0, 0.1) is 0 Å². The Kier molecular flexibility index (Phi) is 6.69. The van der Waals surface area contributed by atoms with E-state index in [0.717, 1.165) is 43.8 Å². The monoisotopic (exact) mass is 313 g/mol. The van der Waals surface area contributed by atoms with Crippen molar-refractivity contribution in [2.75, 3.05) is 26.2 Å². The number of carbonyl (C=O) groups excluding carboxylic acids is 1. The molecule has 0 bridgehead atoms. The third-order valence-electron chi connectivity index (χ3n) is 3.70. The molecule has 2 aromatic rings. The van der Waals surface area contributed by atoms with E-state index in [1.165, 1.54) is 0 Å². The molecule has 0 aliphatic rings. The number of hydrogen-bond donors (Lipinski definition) is 0. The Morgan fingerprint density at radius 1 is 1.13 bits per heavy atom. The smallest absolute Gasteiger partial charge is 0.150 e. The van der Waals surface area contributed by atoms with Crippen molar-refractivity contribution < 1.29 is 9.53 Å². The highest BCUT2D eigenvalue weighted by molar-refractivity contribution is 5.76. The first kappa shape index (κ1) is 17.1. The number of rotatable bonds is 9. The molecule has 122 valence electrons. The Morgan fingerprint density at radius 3 is 2.61 bits per heavy atom. The normalized spacial score (nSPS) is 10.7. The van der Waals surface area contributed by atoms with Crippen LogP contribution < -0.4 is 4.74 Å². The molecule has 0 aliphatic heterocycles. The molecule has 5 heteroatoms. The van der Waals surface area contributed by atoms with Crippen LogP contribution >= 0.6 is 0 Å². The van der Waals surface area contributed by atoms with E-state index in [9.17, 15) is 4.79 Å². The molecule has 0 unspecified atom stereocenters. The molecule has 0 aliphatic carbocycles. The van der Waals surface area contributed by atoms with Gasteiger partial charge in [-0.1, -0.05) is 13.8 Å². The first-order valence-corrected chi connectivity index (χ1v) is 7.99. The van der Waals surface area contributed by atoms with E-state index in [4.69, 9.17) is 4.74 Å². The van der Waals surface area contributed by atoms with Gasteiger partial charge in [-0.15, -0.1) is 0 Å². The SMILES string of the molecule is CCN(CC)CCCOc1ccc(-c2cc(C=O)ccn2)nc1. The van der Waals surface area contributed by atoms with Gasteiger partial charge in [-0.25, -0.2) is 0 Å². The quantitative estimate of drug-likeness (QED) is 0.526. The number of hydrogen-bond acceptors (Lipinski definition) is 5. The van der Waals surface area contributed by atoms with Crippen molar-refractivity contribution in [3.8, 4) is 17.1 Å². The third kappa shape index (κ3) is 5.14.